The number of aryl methyl sites for hydroxylation is 1. The molecule has 0 spiro atoms. The molecule has 4 aromatic carbocycles. The molecule has 2 atom stereocenters. The van der Waals surface area contributed by atoms with Crippen molar-refractivity contribution in [1.29, 1.82) is 0 Å². The molecule has 49 heavy (non-hydrogen) atoms. The van der Waals surface area contributed by atoms with E-state index in [9.17, 15) is 9.18 Å². The lowest BCUT2D eigenvalue weighted by Gasteiger charge is -2.36. The zero-order valence-corrected chi connectivity index (χ0v) is 30.2. The number of halogens is 2. The summed E-state index contributed by atoms with van der Waals surface area (Å²) in [6.45, 7) is 6.40. The molecule has 258 valence electrons. The summed E-state index contributed by atoms with van der Waals surface area (Å²) in [6, 6.07) is 31.1. The van der Waals surface area contributed by atoms with E-state index in [0.717, 1.165) is 48.0 Å². The van der Waals surface area contributed by atoms with Crippen molar-refractivity contribution in [2.24, 2.45) is 0 Å². The highest BCUT2D eigenvalue weighted by Crippen LogP contribution is 2.26. The topological polar surface area (TPSA) is 78.3 Å². The van der Waals surface area contributed by atoms with Gasteiger partial charge in [0.15, 0.2) is 0 Å². The molecule has 8 nitrogen and oxygen atoms in total. The average molecular weight is 720 g/mol. The van der Waals surface area contributed by atoms with Gasteiger partial charge in [0.25, 0.3) is 0 Å². The summed E-state index contributed by atoms with van der Waals surface area (Å²) in [5.74, 6) is -0.360. The number of amides is 2. The van der Waals surface area contributed by atoms with Crippen LogP contribution in [0.15, 0.2) is 109 Å². The van der Waals surface area contributed by atoms with Crippen molar-refractivity contribution in [3.8, 4) is 0 Å². The fourth-order valence-corrected chi connectivity index (χ4v) is 6.31. The number of hydrogen-bond acceptors (Lipinski definition) is 5. The third-order valence-corrected chi connectivity index (χ3v) is 8.87. The Bertz CT molecular complexity index is 1750. The van der Waals surface area contributed by atoms with Crippen molar-refractivity contribution in [1.82, 2.24) is 25.2 Å². The first kappa shape index (κ1) is 37.8. The van der Waals surface area contributed by atoms with Crippen LogP contribution in [-0.4, -0.2) is 58.1 Å². The number of nitrogens with zero attached hydrogens (tertiary/aromatic N) is 5. The van der Waals surface area contributed by atoms with Crippen LogP contribution in [0, 0.1) is 12.7 Å². The minimum Gasteiger partial charge on any atom is -0.369 e. The smallest absolute Gasteiger partial charge is 0.319 e. The van der Waals surface area contributed by atoms with E-state index >= 15 is 0 Å². The number of carbonyl (C=O) groups is 1. The second-order valence-electron chi connectivity index (χ2n) is 12.0. The maximum absolute atomic E-state index is 13.5. The van der Waals surface area contributed by atoms with E-state index in [1.54, 1.807) is 12.1 Å². The monoisotopic (exact) mass is 719 g/mol. The Hall–Kier alpha value is -4.03. The van der Waals surface area contributed by atoms with Gasteiger partial charge in [0.05, 0.1) is 24.0 Å². The highest BCUT2D eigenvalue weighted by atomic mass is 35.5. The van der Waals surface area contributed by atoms with E-state index in [0.29, 0.717) is 25.1 Å². The highest BCUT2D eigenvalue weighted by Gasteiger charge is 2.28. The third kappa shape index (κ3) is 10.5. The lowest BCUT2D eigenvalue weighted by molar-refractivity contribution is 0.239. The molecular formula is C37H43ClFN7OS2. The Balaban J connectivity index is 0.00000270. The molecule has 1 saturated heterocycles. The van der Waals surface area contributed by atoms with Gasteiger partial charge in [0.1, 0.15) is 5.82 Å². The Morgan fingerprint density at radius 3 is 2.14 bits per heavy atom. The number of carbonyl (C=O) groups excluding carboxylic acids is 1. The first-order chi connectivity index (χ1) is 22.9. The van der Waals surface area contributed by atoms with Gasteiger partial charge < -0.3 is 15.5 Å². The lowest BCUT2D eigenvalue weighted by atomic mass is 9.94. The van der Waals surface area contributed by atoms with Gasteiger partial charge in [-0.3, -0.25) is 4.90 Å². The van der Waals surface area contributed by atoms with E-state index in [2.05, 4.69) is 68.0 Å². The van der Waals surface area contributed by atoms with Gasteiger partial charge >= 0.3 is 6.03 Å². The predicted molar refractivity (Wildman–Crippen MR) is 206 cm³/mol. The van der Waals surface area contributed by atoms with Crippen molar-refractivity contribution in [3.63, 3.8) is 0 Å². The Morgan fingerprint density at radius 1 is 0.857 bits per heavy atom. The Morgan fingerprint density at radius 2 is 1.49 bits per heavy atom. The molecule has 0 unspecified atom stereocenters. The summed E-state index contributed by atoms with van der Waals surface area (Å²) in [5.41, 5.74) is 6.01. The Kier molecular flexibility index (Phi) is 14.0. The van der Waals surface area contributed by atoms with Gasteiger partial charge in [0, 0.05) is 49.1 Å². The van der Waals surface area contributed by atoms with Crippen LogP contribution < -0.4 is 15.5 Å². The molecule has 0 aliphatic carbocycles. The molecule has 6 rings (SSSR count). The lowest BCUT2D eigenvalue weighted by Crippen LogP contribution is -2.46. The predicted octanol–water partition coefficient (Wildman–Crippen LogP) is 7.14. The first-order valence-electron chi connectivity index (χ1n) is 15.9. The summed E-state index contributed by atoms with van der Waals surface area (Å²) in [4.78, 5) is 18.1. The number of piperazine rings is 1. The maximum atomic E-state index is 13.5. The molecule has 1 aliphatic heterocycles. The molecule has 0 radical (unpaired) electrons. The molecule has 0 saturated carbocycles. The van der Waals surface area contributed by atoms with Gasteiger partial charge in [0.2, 0.25) is 0 Å². The first-order valence-corrected chi connectivity index (χ1v) is 16.3. The van der Waals surface area contributed by atoms with Crippen LogP contribution in [0.2, 0.25) is 5.02 Å². The molecule has 2 amide bonds. The number of aromatic nitrogens is 3. The quantitative estimate of drug-likeness (QED) is 0.152. The van der Waals surface area contributed by atoms with Crippen molar-refractivity contribution in [2.75, 3.05) is 36.4 Å². The van der Waals surface area contributed by atoms with Crippen LogP contribution in [0.3, 0.4) is 0 Å². The van der Waals surface area contributed by atoms with E-state index in [1.165, 1.54) is 23.4 Å². The molecule has 1 fully saturated rings. The van der Waals surface area contributed by atoms with Crippen molar-refractivity contribution in [3.05, 3.63) is 143 Å². The van der Waals surface area contributed by atoms with Gasteiger partial charge in [-0.2, -0.15) is 27.0 Å². The van der Waals surface area contributed by atoms with E-state index < -0.39 is 0 Å². The second kappa shape index (κ2) is 18.1. The summed E-state index contributed by atoms with van der Waals surface area (Å²) in [7, 11) is 0. The second-order valence-corrected chi connectivity index (χ2v) is 12.5. The molecule has 12 heteroatoms. The van der Waals surface area contributed by atoms with Crippen LogP contribution >= 0.6 is 38.6 Å². The third-order valence-electron chi connectivity index (χ3n) is 8.64. The van der Waals surface area contributed by atoms with Crippen LogP contribution in [0.25, 0.3) is 0 Å². The van der Waals surface area contributed by atoms with Crippen molar-refractivity contribution >= 4 is 56.0 Å². The molecule has 1 aromatic heterocycles. The standard InChI is InChI=1S/C37H39ClFN7O.2H2S/c1-27-12-13-30(38)24-35(27)45-20-18-44(19-21-45)25-33-26-46(43-42-33)36(23-29-10-6-3-7-11-29)34(22-28-8-4-2-5-9-28)41-37(47)40-32-16-14-31(39)15-17-32;;/h2-17,24,26,34,36H,18-23,25H2,1H3,(H2,40,41,47);2*1H2/t34-,36-;;/m0../s1. The normalized spacial score (nSPS) is 14.2. The number of nitrogens with one attached hydrogen (secondary N) is 2. The van der Waals surface area contributed by atoms with Gasteiger partial charge in [-0.1, -0.05) is 83.5 Å². The SMILES string of the molecule is Cc1ccc(Cl)cc1N1CCN(Cc2cn([C@@H](Cc3ccccc3)[C@H](Cc3ccccc3)NC(=O)Nc3ccc(F)cc3)nn2)CC1.S.S. The van der Waals surface area contributed by atoms with Gasteiger partial charge in [-0.15, -0.1) is 5.10 Å². The molecule has 0 bridgehead atoms. The van der Waals surface area contributed by atoms with Crippen LogP contribution in [0.5, 0.6) is 0 Å². The van der Waals surface area contributed by atoms with Crippen LogP contribution in [-0.2, 0) is 19.4 Å². The van der Waals surface area contributed by atoms with Gasteiger partial charge in [-0.25, -0.2) is 13.9 Å². The number of hydrogen-bond donors (Lipinski definition) is 2. The molecule has 2 N–H and O–H groups in total. The zero-order chi connectivity index (χ0) is 32.6. The number of urea groups is 1. The summed E-state index contributed by atoms with van der Waals surface area (Å²) in [5, 5.41) is 16.0. The van der Waals surface area contributed by atoms with Crippen molar-refractivity contribution in [2.45, 2.75) is 38.4 Å². The zero-order valence-electron chi connectivity index (χ0n) is 27.4. The Labute approximate surface area is 306 Å². The van der Waals surface area contributed by atoms with Crippen LogP contribution in [0.4, 0.5) is 20.6 Å². The fraction of sp³-hybridized carbons (Fsp3) is 0.270. The van der Waals surface area contributed by atoms with Crippen molar-refractivity contribution < 1.29 is 9.18 Å². The molecular weight excluding hydrogens is 677 g/mol. The largest absolute Gasteiger partial charge is 0.369 e. The number of benzene rings is 4. The maximum Gasteiger partial charge on any atom is 0.319 e. The summed E-state index contributed by atoms with van der Waals surface area (Å²) < 4.78 is 15.4. The minimum atomic E-state index is -0.372. The average Bonchev–Trinajstić information content (AvgIpc) is 3.55. The highest BCUT2D eigenvalue weighted by molar-refractivity contribution is 7.59. The molecule has 2 heterocycles. The van der Waals surface area contributed by atoms with E-state index in [1.807, 2.05) is 59.4 Å². The van der Waals surface area contributed by atoms with E-state index in [-0.39, 0.29) is 50.9 Å². The van der Waals surface area contributed by atoms with Gasteiger partial charge in [-0.05, 0) is 72.9 Å². The molecule has 5 aromatic rings. The van der Waals surface area contributed by atoms with E-state index in [4.69, 9.17) is 11.6 Å². The summed E-state index contributed by atoms with van der Waals surface area (Å²) in [6.07, 6.45) is 3.23. The number of anilines is 2. The molecule has 1 aliphatic rings. The summed E-state index contributed by atoms with van der Waals surface area (Å²) >= 11 is 6.29. The van der Waals surface area contributed by atoms with Crippen LogP contribution in [0.1, 0.15) is 28.4 Å². The number of rotatable bonds is 11. The minimum absolute atomic E-state index is 0. The fourth-order valence-electron chi connectivity index (χ4n) is 6.14.